The van der Waals surface area contributed by atoms with Crippen LogP contribution >= 0.6 is 0 Å². The topological polar surface area (TPSA) is 219 Å². The highest BCUT2D eigenvalue weighted by molar-refractivity contribution is 6.39. The number of rotatable bonds is 7. The van der Waals surface area contributed by atoms with Gasteiger partial charge in [0.15, 0.2) is 5.78 Å². The smallest absolute Gasteiger partial charge is 0.329 e. The largest absolute Gasteiger partial charge is 0.460 e. The number of methoxy groups -OCH3 is 3. The first kappa shape index (κ1) is 49.3. The number of aliphatic hydroxyl groups is 2. The number of hydrogen-bond donors (Lipinski definition) is 2. The number of ether oxygens (including phenoxy) is 5. The van der Waals surface area contributed by atoms with Crippen LogP contribution in [0.3, 0.4) is 0 Å². The van der Waals surface area contributed by atoms with Crippen LogP contribution in [-0.4, -0.2) is 141 Å². The van der Waals surface area contributed by atoms with Crippen molar-refractivity contribution in [2.24, 2.45) is 41.4 Å². The number of tetrazole rings is 1. The van der Waals surface area contributed by atoms with Crippen molar-refractivity contribution in [2.75, 3.05) is 27.8 Å². The summed E-state index contributed by atoms with van der Waals surface area (Å²) < 4.78 is 73.3. The van der Waals surface area contributed by atoms with Crippen molar-refractivity contribution in [3.05, 3.63) is 53.9 Å². The molecular formula is C53H81N5O12. The first-order chi connectivity index (χ1) is 35.1. The number of allylic oxidation sites excluding steroid dienone is 6. The molecule has 4 aliphatic rings. The molecule has 0 radical (unpaired) electrons. The highest BCUT2D eigenvalue weighted by Gasteiger charge is 2.53. The van der Waals surface area contributed by atoms with E-state index in [-0.39, 0.29) is 68.1 Å². The molecule has 1 unspecified atom stereocenters. The van der Waals surface area contributed by atoms with Gasteiger partial charge in [0.05, 0.1) is 28.5 Å². The standard InChI is InChI=1S/C53H81N5O12/c1-31-17-13-12-14-18-32(2)44(66-9)28-40-22-20-36(6)53(65,70-40)50(62)51(63)57-24-16-15-19-42(57)52(64)69-45(34(4)26-39-21-23-41(46(27-39)67-10)58-30-54-55-56-58)29-43(59)33(3)25-35(5)47(60)49(68-11)48(61)38(8)37(31)7/h12-14,17-18,25,30-31,33-34,36-42,44-47,49,60,65H,15-16,19-24,26-29H2,1-11H3/b14-12?,17-13+,32-18?,35-25+/t31-,33-,34-,36-,37?,38-,39+,40+,41+,42+,44+,45+,46-,47-,49-,53-/m1/s1/i9D3,31D,37D. The van der Waals surface area contributed by atoms with Crippen LogP contribution in [0.4, 0.5) is 0 Å². The van der Waals surface area contributed by atoms with Gasteiger partial charge in [-0.3, -0.25) is 19.2 Å². The van der Waals surface area contributed by atoms with E-state index < -0.39 is 108 Å². The molecule has 2 N–H and O–H groups in total. The minimum absolute atomic E-state index is 0.00322. The molecule has 70 heavy (non-hydrogen) atoms. The molecule has 3 fully saturated rings. The van der Waals surface area contributed by atoms with Crippen LogP contribution in [0.2, 0.25) is 0 Å². The number of amides is 1. The number of piperidine rings is 1. The fourth-order valence-corrected chi connectivity index (χ4v) is 10.4. The predicted octanol–water partition coefficient (Wildman–Crippen LogP) is 6.29. The lowest BCUT2D eigenvalue weighted by molar-refractivity contribution is -0.265. The third kappa shape index (κ3) is 13.8. The van der Waals surface area contributed by atoms with Gasteiger partial charge in [0.2, 0.25) is 5.79 Å². The minimum atomic E-state index is -2.86. The molecule has 1 saturated carbocycles. The van der Waals surface area contributed by atoms with Crippen molar-refractivity contribution in [1.82, 2.24) is 25.1 Å². The summed E-state index contributed by atoms with van der Waals surface area (Å²) >= 11 is 0. The lowest BCUT2D eigenvalue weighted by Crippen LogP contribution is -2.61. The van der Waals surface area contributed by atoms with E-state index >= 15 is 0 Å². The van der Waals surface area contributed by atoms with Gasteiger partial charge in [-0.05, 0) is 117 Å². The van der Waals surface area contributed by atoms with Crippen molar-refractivity contribution in [3.63, 3.8) is 0 Å². The van der Waals surface area contributed by atoms with Crippen molar-refractivity contribution in [1.29, 1.82) is 0 Å². The van der Waals surface area contributed by atoms with E-state index in [0.29, 0.717) is 37.7 Å². The fraction of sp³-hybridized carbons (Fsp3) is 0.736. The van der Waals surface area contributed by atoms with E-state index in [0.717, 1.165) is 11.3 Å². The Hall–Kier alpha value is -4.26. The number of aromatic nitrogens is 4. The number of ketones is 3. The summed E-state index contributed by atoms with van der Waals surface area (Å²) in [4.78, 5) is 73.0. The number of Topliss-reactive ketones (excluding diaryl/α,β-unsaturated/α-hetero) is 3. The van der Waals surface area contributed by atoms with Gasteiger partial charge < -0.3 is 38.8 Å². The van der Waals surface area contributed by atoms with Gasteiger partial charge in [-0.15, -0.1) is 5.10 Å². The fourth-order valence-electron chi connectivity index (χ4n) is 10.4. The van der Waals surface area contributed by atoms with Gasteiger partial charge in [0.25, 0.3) is 11.7 Å². The number of hydrogen-bond acceptors (Lipinski definition) is 15. The van der Waals surface area contributed by atoms with E-state index in [1.54, 1.807) is 64.0 Å². The second-order valence-electron chi connectivity index (χ2n) is 20.2. The summed E-state index contributed by atoms with van der Waals surface area (Å²) in [6.45, 7) is 12.7. The number of cyclic esters (lactones) is 1. The molecule has 2 bridgehead atoms. The SMILES string of the molecule is [2H]C([2H])([2H])O[C@H]1C[C@@H]2CC[C@@H](C)[C@@](O)(O2)C(=O)C(=O)N2CCCC[C@H]2C(=O)O[C@H]([C@H](C)C[C@@H]2CC[C@H](n3cnnn3)[C@H](OC)C2)CC(=O)[C@H](C)/C=C(\C)[C@@H](O)[C@@H](OC)C(=O)[C@H](C)C([2H])(C)[C@]([2H])(C)/C=C/C=CC=C1C. The monoisotopic (exact) mass is 985 g/mol. The average Bonchev–Trinajstić information content (AvgIpc) is 3.90. The minimum Gasteiger partial charge on any atom is -0.460 e. The van der Waals surface area contributed by atoms with E-state index in [2.05, 4.69) is 15.5 Å². The normalized spacial score (nSPS) is 41.6. The molecule has 0 spiro atoms. The molecule has 17 heteroatoms. The second kappa shape index (κ2) is 25.9. The van der Waals surface area contributed by atoms with Gasteiger partial charge in [-0.25, -0.2) is 9.48 Å². The lowest BCUT2D eigenvalue weighted by atomic mass is 9.77. The molecule has 2 saturated heterocycles. The van der Waals surface area contributed by atoms with Crippen LogP contribution in [0.25, 0.3) is 0 Å². The maximum absolute atomic E-state index is 14.6. The van der Waals surface area contributed by atoms with Crippen LogP contribution < -0.4 is 0 Å². The van der Waals surface area contributed by atoms with Crippen LogP contribution in [0.5, 0.6) is 0 Å². The van der Waals surface area contributed by atoms with Crippen molar-refractivity contribution >= 4 is 29.2 Å². The zero-order valence-corrected chi connectivity index (χ0v) is 42.7. The number of carbonyl (C=O) groups is 5. The third-order valence-electron chi connectivity index (χ3n) is 15.4. The zero-order chi connectivity index (χ0) is 55.8. The summed E-state index contributed by atoms with van der Waals surface area (Å²) in [5, 5.41) is 35.4. The van der Waals surface area contributed by atoms with Gasteiger partial charge in [0.1, 0.15) is 36.5 Å². The summed E-state index contributed by atoms with van der Waals surface area (Å²) in [7, 11) is 0.0221. The molecule has 4 heterocycles. The molecule has 16 atom stereocenters. The number of fused-ring (bicyclic) bond motifs is 3. The Labute approximate surface area is 421 Å². The van der Waals surface area contributed by atoms with Gasteiger partial charge in [0, 0.05) is 61.1 Å². The van der Waals surface area contributed by atoms with Gasteiger partial charge in [-0.1, -0.05) is 78.0 Å². The summed E-state index contributed by atoms with van der Waals surface area (Å²) in [5.41, 5.74) is 0.676. The Bertz CT molecular complexity index is 2270. The molecule has 1 amide bonds. The number of carbonyl (C=O) groups excluding carboxylic acids is 5. The highest BCUT2D eigenvalue weighted by atomic mass is 16.6. The van der Waals surface area contributed by atoms with Gasteiger partial charge >= 0.3 is 5.97 Å². The number of esters is 1. The van der Waals surface area contributed by atoms with E-state index in [9.17, 15) is 36.9 Å². The van der Waals surface area contributed by atoms with E-state index in [1.165, 1.54) is 46.1 Å². The zero-order valence-electron chi connectivity index (χ0n) is 47.7. The number of nitrogens with zero attached hydrogens (tertiary/aromatic N) is 5. The van der Waals surface area contributed by atoms with Crippen molar-refractivity contribution < 1.29 is 64.7 Å². The quantitative estimate of drug-likeness (QED) is 0.174. The molecule has 5 rings (SSSR count). The molecule has 390 valence electrons. The molecule has 0 aromatic carbocycles. The Balaban J connectivity index is 1.53. The summed E-state index contributed by atoms with van der Waals surface area (Å²) in [6, 6.07) is -1.34. The highest BCUT2D eigenvalue weighted by Crippen LogP contribution is 2.39. The van der Waals surface area contributed by atoms with Gasteiger partial charge in [-0.2, -0.15) is 0 Å². The number of aliphatic hydroxyl groups excluding tert-OH is 1. The first-order valence-corrected chi connectivity index (χ1v) is 24.9. The second-order valence-corrected chi connectivity index (χ2v) is 20.2. The molecule has 17 nitrogen and oxygen atoms in total. The Morgan fingerprint density at radius 3 is 2.39 bits per heavy atom. The van der Waals surface area contributed by atoms with Crippen molar-refractivity contribution in [2.45, 2.75) is 181 Å². The summed E-state index contributed by atoms with van der Waals surface area (Å²) in [5.74, 6) is -13.5. The van der Waals surface area contributed by atoms with Crippen LogP contribution in [-0.2, 0) is 47.7 Å². The van der Waals surface area contributed by atoms with Crippen molar-refractivity contribution in [3.8, 4) is 0 Å². The Kier molecular flexibility index (Phi) is 18.3. The first-order valence-electron chi connectivity index (χ1n) is 27.4. The lowest BCUT2D eigenvalue weighted by Gasteiger charge is -2.42. The van der Waals surface area contributed by atoms with E-state index in [1.807, 2.05) is 6.92 Å². The van der Waals surface area contributed by atoms with Crippen LogP contribution in [0.1, 0.15) is 139 Å². The third-order valence-corrected chi connectivity index (χ3v) is 15.4. The van der Waals surface area contributed by atoms with Crippen LogP contribution in [0, 0.1) is 41.4 Å². The van der Waals surface area contributed by atoms with E-state index in [4.69, 9.17) is 27.8 Å². The predicted molar refractivity (Wildman–Crippen MR) is 261 cm³/mol. The van der Waals surface area contributed by atoms with Crippen LogP contribution in [0.15, 0.2) is 53.9 Å². The maximum atomic E-state index is 14.6. The maximum Gasteiger partial charge on any atom is 0.329 e. The molecular weight excluding hydrogens is 899 g/mol. The summed E-state index contributed by atoms with van der Waals surface area (Å²) in [6.07, 6.45) is 8.31. The molecule has 1 aliphatic carbocycles. The molecule has 1 aromatic heterocycles. The Morgan fingerprint density at radius 2 is 1.70 bits per heavy atom. The Morgan fingerprint density at radius 1 is 0.943 bits per heavy atom. The average molecular weight is 985 g/mol. The molecule has 3 aliphatic heterocycles. The molecule has 1 aromatic rings.